The van der Waals surface area contributed by atoms with E-state index in [-0.39, 0.29) is 0 Å². The summed E-state index contributed by atoms with van der Waals surface area (Å²) in [4.78, 5) is 12.2. The molecule has 0 aliphatic heterocycles. The quantitative estimate of drug-likeness (QED) is 0.544. The second-order valence-corrected chi connectivity index (χ2v) is 5.58. The van der Waals surface area contributed by atoms with Gasteiger partial charge >= 0.3 is 5.97 Å². The lowest BCUT2D eigenvalue weighted by Gasteiger charge is -2.18. The van der Waals surface area contributed by atoms with Crippen molar-refractivity contribution in [3.05, 3.63) is 23.8 Å². The van der Waals surface area contributed by atoms with Crippen LogP contribution >= 0.6 is 11.8 Å². The van der Waals surface area contributed by atoms with Crippen LogP contribution in [0.1, 0.15) is 49.9 Å². The molecule has 0 bridgehead atoms. The Balaban J connectivity index is 2.79. The van der Waals surface area contributed by atoms with Gasteiger partial charge in [-0.25, -0.2) is 4.79 Å². The van der Waals surface area contributed by atoms with Crippen LogP contribution in [-0.4, -0.2) is 23.4 Å². The molecule has 1 aromatic rings. The number of rotatable bonds is 8. The maximum Gasteiger partial charge on any atom is 0.338 e. The number of carbonyl (C=O) groups is 1. The van der Waals surface area contributed by atoms with E-state index in [0.717, 1.165) is 17.0 Å². The van der Waals surface area contributed by atoms with Crippen LogP contribution in [0.5, 0.6) is 0 Å². The van der Waals surface area contributed by atoms with Gasteiger partial charge in [-0.2, -0.15) is 0 Å². The van der Waals surface area contributed by atoms with Crippen LogP contribution in [0.15, 0.2) is 23.1 Å². The van der Waals surface area contributed by atoms with Gasteiger partial charge in [0.2, 0.25) is 0 Å². The minimum Gasteiger partial charge on any atom is -0.478 e. The van der Waals surface area contributed by atoms with Crippen molar-refractivity contribution in [2.45, 2.75) is 50.5 Å². The Labute approximate surface area is 119 Å². The number of aromatic carboxylic acids is 1. The van der Waals surface area contributed by atoms with Gasteiger partial charge in [0.15, 0.2) is 0 Å². The fourth-order valence-corrected chi connectivity index (χ4v) is 2.70. The van der Waals surface area contributed by atoms with Gasteiger partial charge in [0.1, 0.15) is 0 Å². The molecule has 106 valence electrons. The van der Waals surface area contributed by atoms with Crippen molar-refractivity contribution in [1.29, 1.82) is 0 Å². The lowest BCUT2D eigenvalue weighted by molar-refractivity contribution is 0.0694. The SMILES string of the molecule is CCCCCC(C)Nc1cccc(SC)c1C(=O)O. The van der Waals surface area contributed by atoms with Crippen molar-refractivity contribution >= 4 is 23.4 Å². The highest BCUT2D eigenvalue weighted by Gasteiger charge is 2.16. The van der Waals surface area contributed by atoms with Crippen molar-refractivity contribution in [3.8, 4) is 0 Å². The largest absolute Gasteiger partial charge is 0.478 e. The maximum absolute atomic E-state index is 11.4. The van der Waals surface area contributed by atoms with Gasteiger partial charge in [-0.1, -0.05) is 32.3 Å². The molecule has 3 nitrogen and oxygen atoms in total. The van der Waals surface area contributed by atoms with E-state index in [1.165, 1.54) is 31.0 Å². The molecule has 1 atom stereocenters. The third kappa shape index (κ3) is 4.78. The molecule has 4 heteroatoms. The minimum absolute atomic E-state index is 0.293. The zero-order valence-corrected chi connectivity index (χ0v) is 12.7. The maximum atomic E-state index is 11.4. The Bertz CT molecular complexity index is 421. The monoisotopic (exact) mass is 281 g/mol. The number of thioether (sulfide) groups is 1. The molecule has 0 aliphatic rings. The molecule has 19 heavy (non-hydrogen) atoms. The smallest absolute Gasteiger partial charge is 0.338 e. The molecule has 0 aliphatic carbocycles. The number of carboxylic acid groups (broad SMARTS) is 1. The van der Waals surface area contributed by atoms with E-state index in [2.05, 4.69) is 19.2 Å². The predicted molar refractivity (Wildman–Crippen MR) is 82.4 cm³/mol. The Morgan fingerprint density at radius 1 is 1.42 bits per heavy atom. The Kier molecular flexibility index (Phi) is 6.78. The average molecular weight is 281 g/mol. The molecular weight excluding hydrogens is 258 g/mol. The molecule has 1 rings (SSSR count). The Morgan fingerprint density at radius 2 is 2.16 bits per heavy atom. The summed E-state index contributed by atoms with van der Waals surface area (Å²) in [5.41, 5.74) is 1.11. The van der Waals surface area contributed by atoms with Gasteiger partial charge in [-0.05, 0) is 31.7 Å². The van der Waals surface area contributed by atoms with Crippen molar-refractivity contribution < 1.29 is 9.90 Å². The highest BCUT2D eigenvalue weighted by molar-refractivity contribution is 7.98. The summed E-state index contributed by atoms with van der Waals surface area (Å²) in [5.74, 6) is -0.867. The number of anilines is 1. The van der Waals surface area contributed by atoms with Crippen molar-refractivity contribution in [3.63, 3.8) is 0 Å². The first-order valence-corrected chi connectivity index (χ1v) is 7.99. The number of benzene rings is 1. The molecule has 0 saturated carbocycles. The van der Waals surface area contributed by atoms with E-state index in [1.807, 2.05) is 24.5 Å². The first kappa shape index (κ1) is 15.9. The van der Waals surface area contributed by atoms with Crippen LogP contribution in [0.3, 0.4) is 0 Å². The summed E-state index contributed by atoms with van der Waals surface area (Å²) in [5, 5.41) is 12.7. The molecule has 0 heterocycles. The van der Waals surface area contributed by atoms with Gasteiger partial charge in [-0.3, -0.25) is 0 Å². The van der Waals surface area contributed by atoms with E-state index >= 15 is 0 Å². The van der Waals surface area contributed by atoms with Crippen LogP contribution in [0, 0.1) is 0 Å². The van der Waals surface area contributed by atoms with E-state index in [9.17, 15) is 9.90 Å². The molecule has 0 aromatic heterocycles. The van der Waals surface area contributed by atoms with Crippen LogP contribution in [0.25, 0.3) is 0 Å². The van der Waals surface area contributed by atoms with Gasteiger partial charge in [0.05, 0.1) is 11.3 Å². The number of nitrogens with one attached hydrogen (secondary N) is 1. The van der Waals surface area contributed by atoms with E-state index in [0.29, 0.717) is 11.6 Å². The van der Waals surface area contributed by atoms with E-state index < -0.39 is 5.97 Å². The highest BCUT2D eigenvalue weighted by atomic mass is 32.2. The summed E-state index contributed by atoms with van der Waals surface area (Å²) in [6.07, 6.45) is 6.57. The number of carboxylic acids is 1. The molecule has 1 unspecified atom stereocenters. The molecule has 0 amide bonds. The van der Waals surface area contributed by atoms with Crippen LogP contribution in [-0.2, 0) is 0 Å². The highest BCUT2D eigenvalue weighted by Crippen LogP contribution is 2.28. The molecule has 0 spiro atoms. The average Bonchev–Trinajstić information content (AvgIpc) is 2.38. The predicted octanol–water partition coefficient (Wildman–Crippen LogP) is 4.49. The number of hydrogen-bond donors (Lipinski definition) is 2. The minimum atomic E-state index is -0.867. The molecule has 0 saturated heterocycles. The van der Waals surface area contributed by atoms with Crippen molar-refractivity contribution in [2.75, 3.05) is 11.6 Å². The normalized spacial score (nSPS) is 12.2. The van der Waals surface area contributed by atoms with Crippen LogP contribution in [0.4, 0.5) is 5.69 Å². The fraction of sp³-hybridized carbons (Fsp3) is 0.533. The third-order valence-corrected chi connectivity index (χ3v) is 3.88. The standard InChI is InChI=1S/C15H23NO2S/c1-4-5-6-8-11(2)16-12-9-7-10-13(19-3)14(12)15(17)18/h7,9-11,16H,4-6,8H2,1-3H3,(H,17,18). The zero-order valence-electron chi connectivity index (χ0n) is 11.9. The molecule has 1 aromatic carbocycles. The lowest BCUT2D eigenvalue weighted by atomic mass is 10.1. The number of hydrogen-bond acceptors (Lipinski definition) is 3. The van der Waals surface area contributed by atoms with Gasteiger partial charge in [0, 0.05) is 10.9 Å². The van der Waals surface area contributed by atoms with Crippen LogP contribution in [0.2, 0.25) is 0 Å². The second-order valence-electron chi connectivity index (χ2n) is 4.73. The molecule has 2 N–H and O–H groups in total. The molecular formula is C15H23NO2S. The summed E-state index contributed by atoms with van der Waals surface area (Å²) in [7, 11) is 0. The number of unbranched alkanes of at least 4 members (excludes halogenated alkanes) is 2. The molecule has 0 fully saturated rings. The van der Waals surface area contributed by atoms with Crippen molar-refractivity contribution in [1.82, 2.24) is 0 Å². The van der Waals surface area contributed by atoms with Crippen LogP contribution < -0.4 is 5.32 Å². The first-order chi connectivity index (χ1) is 9.10. The fourth-order valence-electron chi connectivity index (χ4n) is 2.08. The Hall–Kier alpha value is -1.16. The van der Waals surface area contributed by atoms with Gasteiger partial charge < -0.3 is 10.4 Å². The lowest BCUT2D eigenvalue weighted by Crippen LogP contribution is -2.17. The molecule has 0 radical (unpaired) electrons. The first-order valence-electron chi connectivity index (χ1n) is 6.77. The third-order valence-electron chi connectivity index (χ3n) is 3.10. The van der Waals surface area contributed by atoms with Crippen molar-refractivity contribution in [2.24, 2.45) is 0 Å². The zero-order chi connectivity index (χ0) is 14.3. The topological polar surface area (TPSA) is 49.3 Å². The summed E-state index contributed by atoms with van der Waals surface area (Å²) in [6, 6.07) is 5.89. The summed E-state index contributed by atoms with van der Waals surface area (Å²) < 4.78 is 0. The Morgan fingerprint density at radius 3 is 2.74 bits per heavy atom. The second kappa shape index (κ2) is 8.10. The summed E-state index contributed by atoms with van der Waals surface area (Å²) >= 11 is 1.47. The van der Waals surface area contributed by atoms with E-state index in [4.69, 9.17) is 0 Å². The summed E-state index contributed by atoms with van der Waals surface area (Å²) in [6.45, 7) is 4.29. The van der Waals surface area contributed by atoms with Gasteiger partial charge in [-0.15, -0.1) is 11.8 Å². The van der Waals surface area contributed by atoms with Gasteiger partial charge in [0.25, 0.3) is 0 Å². The van der Waals surface area contributed by atoms with E-state index in [1.54, 1.807) is 0 Å².